The molecule has 148 valence electrons. The molecule has 0 spiro atoms. The van der Waals surface area contributed by atoms with Crippen LogP contribution in [-0.4, -0.2) is 23.3 Å². The number of aliphatic hydroxyl groups excluding tert-OH is 1. The number of amides is 1. The van der Waals surface area contributed by atoms with Crippen LogP contribution in [0.2, 0.25) is 0 Å². The number of benzene rings is 1. The molecule has 1 aromatic rings. The summed E-state index contributed by atoms with van der Waals surface area (Å²) in [5.41, 5.74) is 1.91. The smallest absolute Gasteiger partial charge is 0.286 e. The van der Waals surface area contributed by atoms with E-state index in [1.807, 2.05) is 30.3 Å². The summed E-state index contributed by atoms with van der Waals surface area (Å²) in [7, 11) is 0. The third kappa shape index (κ3) is 5.33. The molecule has 0 unspecified atom stereocenters. The predicted molar refractivity (Wildman–Crippen MR) is 103 cm³/mol. The average Bonchev–Trinajstić information content (AvgIpc) is 2.62. The molecule has 0 bridgehead atoms. The van der Waals surface area contributed by atoms with Gasteiger partial charge in [-0.3, -0.25) is 4.79 Å². The number of carbonyl (C=O) groups is 1. The molecule has 1 amide bonds. The number of rotatable bonds is 6. The van der Waals surface area contributed by atoms with E-state index in [1.54, 1.807) is 0 Å². The molecule has 2 N–H and O–H groups in total. The van der Waals surface area contributed by atoms with Gasteiger partial charge >= 0.3 is 0 Å². The fourth-order valence-corrected chi connectivity index (χ4v) is 3.26. The molecule has 1 fully saturated rings. The minimum absolute atomic E-state index is 0.0240. The Bertz CT molecular complexity index is 671. The van der Waals surface area contributed by atoms with Gasteiger partial charge in [0, 0.05) is 12.5 Å². The number of hydrogen-bond acceptors (Lipinski definition) is 4. The quantitative estimate of drug-likeness (QED) is 0.799. The molecule has 0 aromatic heterocycles. The van der Waals surface area contributed by atoms with Gasteiger partial charge in [-0.1, -0.05) is 45.0 Å². The predicted octanol–water partition coefficient (Wildman–Crippen LogP) is 3.66. The van der Waals surface area contributed by atoms with Crippen LogP contribution in [-0.2, 0) is 27.5 Å². The number of hydrogen-bond donors (Lipinski definition) is 2. The van der Waals surface area contributed by atoms with Crippen LogP contribution >= 0.6 is 0 Å². The Hall–Kier alpha value is -1.85. The minimum atomic E-state index is -0.445. The van der Waals surface area contributed by atoms with Crippen molar-refractivity contribution in [3.05, 3.63) is 47.2 Å². The molecule has 1 heterocycles. The lowest BCUT2D eigenvalue weighted by molar-refractivity contribution is -0.157. The first-order valence-corrected chi connectivity index (χ1v) is 9.85. The van der Waals surface area contributed by atoms with E-state index >= 15 is 0 Å². The second-order valence-corrected chi connectivity index (χ2v) is 8.67. The summed E-state index contributed by atoms with van der Waals surface area (Å²) >= 11 is 0. The fourth-order valence-electron chi connectivity index (χ4n) is 3.26. The highest BCUT2D eigenvalue weighted by atomic mass is 16.7. The molecule has 5 nitrogen and oxygen atoms in total. The van der Waals surface area contributed by atoms with Crippen molar-refractivity contribution < 1.29 is 19.4 Å². The van der Waals surface area contributed by atoms with Crippen molar-refractivity contribution >= 4 is 5.91 Å². The topological polar surface area (TPSA) is 67.8 Å². The molecule has 1 aliphatic heterocycles. The van der Waals surface area contributed by atoms with Gasteiger partial charge < -0.3 is 19.9 Å². The molecular formula is C22H31NO4. The summed E-state index contributed by atoms with van der Waals surface area (Å²) < 4.78 is 11.9. The number of nitrogens with one attached hydrogen (secondary N) is 1. The zero-order valence-corrected chi connectivity index (χ0v) is 16.5. The van der Waals surface area contributed by atoms with Crippen molar-refractivity contribution in [1.29, 1.82) is 0 Å². The van der Waals surface area contributed by atoms with Gasteiger partial charge in [0.25, 0.3) is 5.91 Å². The lowest BCUT2D eigenvalue weighted by atomic mass is 9.77. The minimum Gasteiger partial charge on any atom is -0.459 e. The Kier molecular flexibility index (Phi) is 6.22. The van der Waals surface area contributed by atoms with Gasteiger partial charge in [-0.15, -0.1) is 0 Å². The van der Waals surface area contributed by atoms with Crippen LogP contribution in [0.15, 0.2) is 36.1 Å². The second kappa shape index (κ2) is 8.44. The van der Waals surface area contributed by atoms with Crippen LogP contribution < -0.4 is 5.32 Å². The first-order chi connectivity index (χ1) is 12.8. The maximum Gasteiger partial charge on any atom is 0.286 e. The maximum atomic E-state index is 12.6. The molecule has 2 aliphatic rings. The van der Waals surface area contributed by atoms with Crippen LogP contribution in [0.4, 0.5) is 0 Å². The molecule has 1 saturated carbocycles. The van der Waals surface area contributed by atoms with E-state index in [0.717, 1.165) is 30.4 Å². The summed E-state index contributed by atoms with van der Waals surface area (Å²) in [5.74, 6) is 0.457. The summed E-state index contributed by atoms with van der Waals surface area (Å²) in [6.07, 6.45) is 5.51. The third-order valence-corrected chi connectivity index (χ3v) is 5.48. The molecule has 2 atom stereocenters. The SMILES string of the molecule is CC(C)(C)[C@@H]1C=C(C(=O)NC2CCC2)O[C@H](OCc2ccc(CO)cc2)C1. The van der Waals surface area contributed by atoms with Crippen molar-refractivity contribution in [2.45, 2.75) is 72.0 Å². The summed E-state index contributed by atoms with van der Waals surface area (Å²) in [6, 6.07) is 7.93. The Morgan fingerprint density at radius 3 is 2.44 bits per heavy atom. The van der Waals surface area contributed by atoms with E-state index in [4.69, 9.17) is 14.6 Å². The fraction of sp³-hybridized carbons (Fsp3) is 0.591. The first-order valence-electron chi connectivity index (χ1n) is 9.85. The van der Waals surface area contributed by atoms with E-state index in [2.05, 4.69) is 26.1 Å². The molecule has 1 aromatic carbocycles. The number of aliphatic hydroxyl groups is 1. The number of ether oxygens (including phenoxy) is 2. The maximum absolute atomic E-state index is 12.6. The van der Waals surface area contributed by atoms with Crippen molar-refractivity contribution in [3.63, 3.8) is 0 Å². The highest BCUT2D eigenvalue weighted by Gasteiger charge is 2.34. The van der Waals surface area contributed by atoms with Crippen LogP contribution in [0.5, 0.6) is 0 Å². The Morgan fingerprint density at radius 2 is 1.89 bits per heavy atom. The van der Waals surface area contributed by atoms with Crippen LogP contribution in [0.1, 0.15) is 57.6 Å². The highest BCUT2D eigenvalue weighted by Crippen LogP contribution is 2.36. The third-order valence-electron chi connectivity index (χ3n) is 5.48. The zero-order valence-electron chi connectivity index (χ0n) is 16.5. The van der Waals surface area contributed by atoms with Crippen molar-refractivity contribution in [2.24, 2.45) is 11.3 Å². The van der Waals surface area contributed by atoms with E-state index in [-0.39, 0.29) is 29.9 Å². The van der Waals surface area contributed by atoms with Gasteiger partial charge in [0.2, 0.25) is 6.29 Å². The summed E-state index contributed by atoms with van der Waals surface area (Å²) in [6.45, 7) is 6.96. The zero-order chi connectivity index (χ0) is 19.4. The van der Waals surface area contributed by atoms with E-state index < -0.39 is 6.29 Å². The average molecular weight is 373 g/mol. The van der Waals surface area contributed by atoms with Gasteiger partial charge in [-0.05, 0) is 47.8 Å². The van der Waals surface area contributed by atoms with Gasteiger partial charge in [-0.2, -0.15) is 0 Å². The largest absolute Gasteiger partial charge is 0.459 e. The molecule has 5 heteroatoms. The molecule has 0 saturated heterocycles. The van der Waals surface area contributed by atoms with Crippen LogP contribution in [0.3, 0.4) is 0 Å². The Balaban J connectivity index is 1.64. The number of carbonyl (C=O) groups excluding carboxylic acids is 1. The Morgan fingerprint density at radius 1 is 1.22 bits per heavy atom. The lowest BCUT2D eigenvalue weighted by Gasteiger charge is -2.36. The van der Waals surface area contributed by atoms with Gasteiger partial charge in [0.05, 0.1) is 13.2 Å². The molecule has 27 heavy (non-hydrogen) atoms. The van der Waals surface area contributed by atoms with Gasteiger partial charge in [-0.25, -0.2) is 0 Å². The van der Waals surface area contributed by atoms with E-state index in [1.165, 1.54) is 6.42 Å². The number of allylic oxidation sites excluding steroid dienone is 1. The summed E-state index contributed by atoms with van der Waals surface area (Å²) in [5, 5.41) is 12.2. The van der Waals surface area contributed by atoms with Crippen molar-refractivity contribution in [1.82, 2.24) is 5.32 Å². The molecule has 3 rings (SSSR count). The van der Waals surface area contributed by atoms with Crippen molar-refractivity contribution in [3.8, 4) is 0 Å². The first kappa shape index (κ1) is 19.9. The molecular weight excluding hydrogens is 342 g/mol. The van der Waals surface area contributed by atoms with Crippen LogP contribution in [0, 0.1) is 11.3 Å². The van der Waals surface area contributed by atoms with Gasteiger partial charge in [0.15, 0.2) is 5.76 Å². The standard InChI is InChI=1S/C22H31NO4/c1-22(2,3)17-11-19(21(25)23-18-5-4-6-18)27-20(12-17)26-14-16-9-7-15(13-24)8-10-16/h7-11,17-18,20,24H,4-6,12-14H2,1-3H3,(H,23,25)/t17-,20+/m1/s1. The Labute approximate surface area is 161 Å². The molecule has 0 radical (unpaired) electrons. The van der Waals surface area contributed by atoms with Gasteiger partial charge in [0.1, 0.15) is 0 Å². The lowest BCUT2D eigenvalue weighted by Crippen LogP contribution is -2.43. The van der Waals surface area contributed by atoms with Crippen LogP contribution in [0.25, 0.3) is 0 Å². The molecule has 1 aliphatic carbocycles. The van der Waals surface area contributed by atoms with E-state index in [0.29, 0.717) is 12.4 Å². The summed E-state index contributed by atoms with van der Waals surface area (Å²) in [4.78, 5) is 12.6. The second-order valence-electron chi connectivity index (χ2n) is 8.67. The highest BCUT2D eigenvalue weighted by molar-refractivity contribution is 5.91. The monoisotopic (exact) mass is 373 g/mol. The van der Waals surface area contributed by atoms with E-state index in [9.17, 15) is 4.79 Å². The normalized spacial score (nSPS) is 23.2. The van der Waals surface area contributed by atoms with Crippen molar-refractivity contribution in [2.75, 3.05) is 0 Å².